The number of fused-ring (bicyclic) bond motifs is 1. The maximum Gasteiger partial charge on any atom is 0.263 e. The van der Waals surface area contributed by atoms with Gasteiger partial charge in [0, 0.05) is 30.1 Å². The van der Waals surface area contributed by atoms with Crippen LogP contribution in [0.25, 0.3) is 21.3 Å². The molecule has 10 heteroatoms. The van der Waals surface area contributed by atoms with E-state index in [1.165, 1.54) is 23.1 Å². The highest BCUT2D eigenvalue weighted by Crippen LogP contribution is 2.32. The fourth-order valence-corrected chi connectivity index (χ4v) is 7.83. The number of sulfone groups is 1. The molecule has 1 amide bonds. The summed E-state index contributed by atoms with van der Waals surface area (Å²) >= 11 is 2.61. The summed E-state index contributed by atoms with van der Waals surface area (Å²) in [5, 5.41) is 2.97. The Balaban J connectivity index is 1.63. The van der Waals surface area contributed by atoms with E-state index in [2.05, 4.69) is 6.58 Å². The van der Waals surface area contributed by atoms with Crippen LogP contribution in [-0.4, -0.2) is 58.6 Å². The van der Waals surface area contributed by atoms with E-state index in [0.717, 1.165) is 16.7 Å². The van der Waals surface area contributed by atoms with Gasteiger partial charge in [0.25, 0.3) is 5.56 Å². The molecule has 3 aromatic rings. The summed E-state index contributed by atoms with van der Waals surface area (Å²) < 4.78 is 25.3. The third kappa shape index (κ3) is 4.99. The molecule has 1 fully saturated rings. The normalized spacial score (nSPS) is 17.2. The van der Waals surface area contributed by atoms with Crippen LogP contribution < -0.4 is 5.56 Å². The van der Waals surface area contributed by atoms with Gasteiger partial charge in [0.15, 0.2) is 15.0 Å². The second-order valence-corrected chi connectivity index (χ2v) is 12.3. The number of aryl methyl sites for hydroxylation is 1. The van der Waals surface area contributed by atoms with Gasteiger partial charge in [-0.25, -0.2) is 13.4 Å². The third-order valence-electron chi connectivity index (χ3n) is 5.97. The highest BCUT2D eigenvalue weighted by molar-refractivity contribution is 7.99. The van der Waals surface area contributed by atoms with Crippen molar-refractivity contribution in [2.45, 2.75) is 38.0 Å². The largest absolute Gasteiger partial charge is 0.338 e. The van der Waals surface area contributed by atoms with Gasteiger partial charge in [-0.15, -0.1) is 17.9 Å². The average molecular weight is 518 g/mol. The summed E-state index contributed by atoms with van der Waals surface area (Å²) in [7, 11) is -3.09. The van der Waals surface area contributed by atoms with Gasteiger partial charge in [0.05, 0.1) is 22.6 Å². The van der Waals surface area contributed by atoms with Crippen LogP contribution in [0.15, 0.2) is 52.3 Å². The van der Waals surface area contributed by atoms with Crippen molar-refractivity contribution in [3.8, 4) is 11.1 Å². The van der Waals surface area contributed by atoms with Crippen molar-refractivity contribution in [2.24, 2.45) is 0 Å². The fraction of sp³-hybridized carbons (Fsp3) is 0.375. The maximum atomic E-state index is 13.5. The van der Waals surface area contributed by atoms with E-state index in [1.807, 2.05) is 43.5 Å². The molecule has 1 aliphatic rings. The highest BCUT2D eigenvalue weighted by atomic mass is 32.2. The maximum absolute atomic E-state index is 13.5. The number of hydrogen-bond acceptors (Lipinski definition) is 7. The van der Waals surface area contributed by atoms with Crippen LogP contribution in [0.3, 0.4) is 0 Å². The summed E-state index contributed by atoms with van der Waals surface area (Å²) in [6, 6.07) is 7.73. The van der Waals surface area contributed by atoms with E-state index in [-0.39, 0.29) is 41.3 Å². The molecule has 1 unspecified atom stereocenters. The Bertz CT molecular complexity index is 1390. The Morgan fingerprint density at radius 3 is 2.71 bits per heavy atom. The molecule has 4 rings (SSSR count). The lowest BCUT2D eigenvalue weighted by molar-refractivity contribution is -0.129. The van der Waals surface area contributed by atoms with Crippen molar-refractivity contribution in [1.29, 1.82) is 0 Å². The number of nitrogens with zero attached hydrogens (tertiary/aromatic N) is 3. The van der Waals surface area contributed by atoms with E-state index in [9.17, 15) is 18.0 Å². The lowest BCUT2D eigenvalue weighted by atomic mass is 10.1. The number of aromatic nitrogens is 2. The van der Waals surface area contributed by atoms with Crippen molar-refractivity contribution in [1.82, 2.24) is 14.5 Å². The molecule has 0 N–H and O–H groups in total. The van der Waals surface area contributed by atoms with Crippen LogP contribution in [-0.2, 0) is 21.2 Å². The van der Waals surface area contributed by atoms with Crippen molar-refractivity contribution < 1.29 is 13.2 Å². The quantitative estimate of drug-likeness (QED) is 0.257. The molecule has 7 nitrogen and oxygen atoms in total. The number of hydrogen-bond donors (Lipinski definition) is 0. The van der Waals surface area contributed by atoms with Gasteiger partial charge in [0.1, 0.15) is 4.83 Å². The molecule has 2 aromatic heterocycles. The number of carbonyl (C=O) groups excluding carboxylic acids is 1. The predicted octanol–water partition coefficient (Wildman–Crippen LogP) is 3.75. The minimum atomic E-state index is -3.09. The molecule has 0 spiro atoms. The molecule has 180 valence electrons. The summed E-state index contributed by atoms with van der Waals surface area (Å²) in [5.41, 5.74) is 2.79. The molecule has 3 heterocycles. The van der Waals surface area contributed by atoms with E-state index in [0.29, 0.717) is 28.3 Å². The number of benzene rings is 1. The molecule has 0 saturated carbocycles. The van der Waals surface area contributed by atoms with Crippen molar-refractivity contribution in [2.75, 3.05) is 23.8 Å². The summed E-state index contributed by atoms with van der Waals surface area (Å²) in [4.78, 5) is 33.4. The SMILES string of the molecule is C=CCn1c(SCC(=O)N(CC)C2CCS(=O)(=O)C2)nc2scc(-c3ccc(C)cc3)c2c1=O. The first-order valence-electron chi connectivity index (χ1n) is 11.1. The number of amides is 1. The molecule has 0 aliphatic carbocycles. The first kappa shape index (κ1) is 24.7. The summed E-state index contributed by atoms with van der Waals surface area (Å²) in [6.07, 6.45) is 2.11. The van der Waals surface area contributed by atoms with Gasteiger partial charge in [-0.2, -0.15) is 0 Å². The number of thioether (sulfide) groups is 1. The molecular weight excluding hydrogens is 490 g/mol. The topological polar surface area (TPSA) is 89.3 Å². The molecule has 0 bridgehead atoms. The molecule has 1 aliphatic heterocycles. The first-order chi connectivity index (χ1) is 16.2. The Kier molecular flexibility index (Phi) is 7.30. The van der Waals surface area contributed by atoms with Crippen molar-refractivity contribution >= 4 is 49.1 Å². The minimum Gasteiger partial charge on any atom is -0.338 e. The summed E-state index contributed by atoms with van der Waals surface area (Å²) in [6.45, 7) is 8.36. The lowest BCUT2D eigenvalue weighted by Gasteiger charge is -2.26. The van der Waals surface area contributed by atoms with Gasteiger partial charge >= 0.3 is 0 Å². The van der Waals surface area contributed by atoms with Crippen LogP contribution >= 0.6 is 23.1 Å². The predicted molar refractivity (Wildman–Crippen MR) is 139 cm³/mol. The van der Waals surface area contributed by atoms with E-state index in [4.69, 9.17) is 4.98 Å². The van der Waals surface area contributed by atoms with E-state index in [1.54, 1.807) is 15.5 Å². The summed E-state index contributed by atoms with van der Waals surface area (Å²) in [5.74, 6) is 0.0588. The molecule has 1 aromatic carbocycles. The van der Waals surface area contributed by atoms with Crippen LogP contribution in [0, 0.1) is 6.92 Å². The van der Waals surface area contributed by atoms with E-state index < -0.39 is 9.84 Å². The van der Waals surface area contributed by atoms with Crippen molar-refractivity contribution in [3.05, 3.63) is 58.2 Å². The first-order valence-corrected chi connectivity index (χ1v) is 14.8. The average Bonchev–Trinajstić information content (AvgIpc) is 3.38. The zero-order valence-electron chi connectivity index (χ0n) is 19.2. The number of allylic oxidation sites excluding steroid dienone is 1. The van der Waals surface area contributed by atoms with Gasteiger partial charge in [-0.3, -0.25) is 14.2 Å². The second kappa shape index (κ2) is 10.1. The van der Waals surface area contributed by atoms with Crippen molar-refractivity contribution in [3.63, 3.8) is 0 Å². The zero-order valence-corrected chi connectivity index (χ0v) is 21.6. The van der Waals surface area contributed by atoms with Crippen LogP contribution in [0.1, 0.15) is 18.9 Å². The molecular formula is C24H27N3O4S3. The number of carbonyl (C=O) groups is 1. The Hall–Kier alpha value is -2.43. The highest BCUT2D eigenvalue weighted by Gasteiger charge is 2.34. The third-order valence-corrected chi connectivity index (χ3v) is 9.55. The van der Waals surface area contributed by atoms with Gasteiger partial charge in [0.2, 0.25) is 5.91 Å². The van der Waals surface area contributed by atoms with Crippen LogP contribution in [0.2, 0.25) is 0 Å². The Morgan fingerprint density at radius 2 is 2.09 bits per heavy atom. The Morgan fingerprint density at radius 1 is 1.35 bits per heavy atom. The van der Waals surface area contributed by atoms with Gasteiger partial charge in [-0.1, -0.05) is 47.7 Å². The molecule has 0 radical (unpaired) electrons. The molecule has 1 saturated heterocycles. The van der Waals surface area contributed by atoms with Crippen LogP contribution in [0.4, 0.5) is 0 Å². The van der Waals surface area contributed by atoms with Gasteiger partial charge in [-0.05, 0) is 25.8 Å². The molecule has 1 atom stereocenters. The fourth-order valence-electron chi connectivity index (χ4n) is 4.22. The van der Waals surface area contributed by atoms with Crippen LogP contribution in [0.5, 0.6) is 0 Å². The zero-order chi connectivity index (χ0) is 24.5. The smallest absolute Gasteiger partial charge is 0.263 e. The lowest BCUT2D eigenvalue weighted by Crippen LogP contribution is -2.42. The molecule has 34 heavy (non-hydrogen) atoms. The van der Waals surface area contributed by atoms with E-state index >= 15 is 0 Å². The second-order valence-electron chi connectivity index (χ2n) is 8.32. The Labute approximate surface area is 207 Å². The number of rotatable bonds is 8. The number of thiophene rings is 1. The van der Waals surface area contributed by atoms with Gasteiger partial charge < -0.3 is 4.90 Å². The standard InChI is InChI=1S/C24H27N3O4S3/c1-4-11-27-23(29)21-19(17-8-6-16(3)7-9-17)13-32-22(21)25-24(27)33-14-20(28)26(5-2)18-10-12-34(30,31)15-18/h4,6-9,13,18H,1,5,10-12,14-15H2,2-3H3. The monoisotopic (exact) mass is 517 g/mol. The minimum absolute atomic E-state index is 0.0135.